The minimum Gasteiger partial charge on any atom is -0.496 e. The minimum absolute atomic E-state index is 0.0163. The number of para-hydroxylation sites is 1. The molecular formula is C43H44N2O7S. The molecular weight excluding hydrogens is 689 g/mol. The highest BCUT2D eigenvalue weighted by atomic mass is 32.2. The molecule has 0 bridgehead atoms. The zero-order valence-corrected chi connectivity index (χ0v) is 30.6. The molecule has 0 saturated carbocycles. The lowest BCUT2D eigenvalue weighted by Gasteiger charge is -2.36. The molecule has 0 aromatic heterocycles. The maximum atomic E-state index is 12.9. The highest BCUT2D eigenvalue weighted by molar-refractivity contribution is 7.99. The van der Waals surface area contributed by atoms with Gasteiger partial charge in [-0.3, -0.25) is 0 Å². The molecule has 0 aliphatic carbocycles. The van der Waals surface area contributed by atoms with Crippen LogP contribution in [0.1, 0.15) is 46.6 Å². The molecule has 1 saturated heterocycles. The summed E-state index contributed by atoms with van der Waals surface area (Å²) in [6.07, 6.45) is 0.0645. The number of carbonyl (C=O) groups is 2. The third-order valence-corrected chi connectivity index (χ3v) is 10.2. The van der Waals surface area contributed by atoms with Gasteiger partial charge in [-0.05, 0) is 57.6 Å². The first kappa shape index (κ1) is 37.6. The lowest BCUT2D eigenvalue weighted by molar-refractivity contribution is -0.245. The summed E-state index contributed by atoms with van der Waals surface area (Å²) in [4.78, 5) is 26.4. The molecule has 1 heterocycles. The van der Waals surface area contributed by atoms with Crippen LogP contribution in [0.3, 0.4) is 0 Å². The van der Waals surface area contributed by atoms with Gasteiger partial charge < -0.3 is 34.7 Å². The van der Waals surface area contributed by atoms with Gasteiger partial charge in [0.05, 0.1) is 33.0 Å². The van der Waals surface area contributed by atoms with E-state index in [1.807, 2.05) is 115 Å². The monoisotopic (exact) mass is 732 g/mol. The van der Waals surface area contributed by atoms with E-state index in [9.17, 15) is 14.7 Å². The number of aliphatic hydroxyl groups is 1. The number of aliphatic hydroxyl groups excluding tert-OH is 1. The maximum Gasteiger partial charge on any atom is 0.328 e. The number of hydrogen-bond donors (Lipinski definition) is 3. The van der Waals surface area contributed by atoms with Crippen molar-refractivity contribution in [3.05, 3.63) is 155 Å². The Kier molecular flexibility index (Phi) is 13.2. The summed E-state index contributed by atoms with van der Waals surface area (Å²) < 4.78 is 23.8. The highest BCUT2D eigenvalue weighted by Gasteiger charge is 2.32. The lowest BCUT2D eigenvalue weighted by Crippen LogP contribution is -2.47. The number of amides is 2. The Hall–Kier alpha value is -5.13. The van der Waals surface area contributed by atoms with Gasteiger partial charge >= 0.3 is 12.0 Å². The van der Waals surface area contributed by atoms with Crippen LogP contribution >= 0.6 is 11.8 Å². The van der Waals surface area contributed by atoms with Crippen LogP contribution in [0.25, 0.3) is 11.1 Å². The second-order valence-corrected chi connectivity index (χ2v) is 13.8. The van der Waals surface area contributed by atoms with Gasteiger partial charge in [0.15, 0.2) is 6.29 Å². The first-order valence-electron chi connectivity index (χ1n) is 17.5. The van der Waals surface area contributed by atoms with Crippen LogP contribution < -0.4 is 15.4 Å². The number of nitrogens with one attached hydrogen (secondary N) is 2. The van der Waals surface area contributed by atoms with Gasteiger partial charge in [-0.1, -0.05) is 103 Å². The Labute approximate surface area is 314 Å². The number of rotatable bonds is 14. The average molecular weight is 733 g/mol. The van der Waals surface area contributed by atoms with E-state index in [1.165, 1.54) is 7.11 Å². The number of methoxy groups -OCH3 is 2. The second-order valence-electron chi connectivity index (χ2n) is 12.7. The van der Waals surface area contributed by atoms with Crippen molar-refractivity contribution in [3.63, 3.8) is 0 Å². The Morgan fingerprint density at radius 3 is 2.26 bits per heavy atom. The van der Waals surface area contributed by atoms with Crippen molar-refractivity contribution in [1.82, 2.24) is 10.6 Å². The molecule has 10 heteroatoms. The van der Waals surface area contributed by atoms with Crippen LogP contribution in [0.5, 0.6) is 5.75 Å². The van der Waals surface area contributed by atoms with E-state index >= 15 is 0 Å². The third-order valence-electron chi connectivity index (χ3n) is 9.05. The van der Waals surface area contributed by atoms with Crippen molar-refractivity contribution in [1.29, 1.82) is 0 Å². The van der Waals surface area contributed by atoms with Gasteiger partial charge in [0.1, 0.15) is 11.8 Å². The largest absolute Gasteiger partial charge is 0.496 e. The van der Waals surface area contributed by atoms with Crippen molar-refractivity contribution in [3.8, 4) is 16.9 Å². The first-order chi connectivity index (χ1) is 25.9. The van der Waals surface area contributed by atoms with Gasteiger partial charge in [-0.2, -0.15) is 0 Å². The quantitative estimate of drug-likeness (QED) is 0.0784. The maximum absolute atomic E-state index is 12.9. The van der Waals surface area contributed by atoms with Crippen LogP contribution in [0, 0.1) is 0 Å². The Morgan fingerprint density at radius 1 is 0.792 bits per heavy atom. The van der Waals surface area contributed by atoms with Crippen LogP contribution in [-0.4, -0.2) is 49.2 Å². The molecule has 0 radical (unpaired) electrons. The van der Waals surface area contributed by atoms with E-state index in [-0.39, 0.29) is 25.4 Å². The number of urea groups is 1. The standard InChI is InChI=1S/C43H44N2O7S/c1-49-38-16-6-7-17-40(38)53-28-36-25-39(32-20-18-30(27-46)19-21-32)52-42(51-36)35-15-9-14-34(24-35)33-13-8-12-31(22-33)26-44-43(48)45-37(41(47)50-2)23-29-10-4-3-5-11-29/h3-22,24,36-37,39,42,46H,23,25-28H2,1-2H3,(H2,44,45,48)/t36-,37+,39+,42+/m1/s1. The molecule has 5 aromatic carbocycles. The predicted molar refractivity (Wildman–Crippen MR) is 205 cm³/mol. The third kappa shape index (κ3) is 10.3. The fraction of sp³-hybridized carbons (Fsp3) is 0.256. The predicted octanol–water partition coefficient (Wildman–Crippen LogP) is 7.78. The van der Waals surface area contributed by atoms with Crippen LogP contribution in [0.15, 0.2) is 132 Å². The fourth-order valence-corrected chi connectivity index (χ4v) is 7.29. The molecule has 6 rings (SSSR count). The van der Waals surface area contributed by atoms with E-state index in [0.717, 1.165) is 49.6 Å². The Balaban J connectivity index is 1.15. The number of ether oxygens (including phenoxy) is 4. The van der Waals surface area contributed by atoms with E-state index in [0.29, 0.717) is 18.6 Å². The molecule has 4 atom stereocenters. The van der Waals surface area contributed by atoms with E-state index in [2.05, 4.69) is 22.8 Å². The molecule has 0 unspecified atom stereocenters. The fourth-order valence-electron chi connectivity index (χ4n) is 6.25. The summed E-state index contributed by atoms with van der Waals surface area (Å²) >= 11 is 1.70. The summed E-state index contributed by atoms with van der Waals surface area (Å²) in [5.41, 5.74) is 6.52. The number of esters is 1. The minimum atomic E-state index is -0.820. The van der Waals surface area contributed by atoms with Gasteiger partial charge in [-0.25, -0.2) is 9.59 Å². The smallest absolute Gasteiger partial charge is 0.328 e. The van der Waals surface area contributed by atoms with E-state index in [4.69, 9.17) is 18.9 Å². The second kappa shape index (κ2) is 18.6. The molecule has 5 aromatic rings. The van der Waals surface area contributed by atoms with Crippen molar-refractivity contribution >= 4 is 23.8 Å². The summed E-state index contributed by atoms with van der Waals surface area (Å²) in [7, 11) is 2.99. The zero-order chi connectivity index (χ0) is 37.0. The van der Waals surface area contributed by atoms with Gasteiger partial charge in [0.25, 0.3) is 0 Å². The lowest BCUT2D eigenvalue weighted by atomic mass is 9.99. The first-order valence-corrected chi connectivity index (χ1v) is 18.5. The molecule has 1 fully saturated rings. The summed E-state index contributed by atoms with van der Waals surface area (Å²) in [6, 6.07) is 40.1. The molecule has 1 aliphatic heterocycles. The van der Waals surface area contributed by atoms with Crippen LogP contribution in [0.4, 0.5) is 4.79 Å². The molecule has 2 amide bonds. The average Bonchev–Trinajstić information content (AvgIpc) is 3.22. The van der Waals surface area contributed by atoms with Gasteiger partial charge in [-0.15, -0.1) is 11.8 Å². The summed E-state index contributed by atoms with van der Waals surface area (Å²) in [5, 5.41) is 15.2. The molecule has 3 N–H and O–H groups in total. The Morgan fingerprint density at radius 2 is 1.51 bits per heavy atom. The van der Waals surface area contributed by atoms with E-state index < -0.39 is 24.3 Å². The topological polar surface area (TPSA) is 115 Å². The van der Waals surface area contributed by atoms with Crippen molar-refractivity contribution in [2.45, 2.75) is 55.4 Å². The van der Waals surface area contributed by atoms with Gasteiger partial charge in [0.2, 0.25) is 0 Å². The number of hydrogen-bond acceptors (Lipinski definition) is 8. The van der Waals surface area contributed by atoms with Crippen molar-refractivity contribution < 1.29 is 33.6 Å². The SMILES string of the molecule is COC(=O)[C@H](Cc1ccccc1)NC(=O)NCc1cccc(-c2cccc([C@H]3O[C@@H](CSc4ccccc4OC)C[C@@H](c4ccc(CO)cc4)O3)c2)c1. The van der Waals surface area contributed by atoms with Crippen LogP contribution in [0.2, 0.25) is 0 Å². The normalized spacial score (nSPS) is 17.4. The van der Waals surface area contributed by atoms with Crippen molar-refractivity contribution in [2.24, 2.45) is 0 Å². The van der Waals surface area contributed by atoms with Crippen molar-refractivity contribution in [2.75, 3.05) is 20.0 Å². The van der Waals surface area contributed by atoms with Gasteiger partial charge in [0, 0.05) is 35.6 Å². The summed E-state index contributed by atoms with van der Waals surface area (Å²) in [6.45, 7) is 0.243. The number of thioether (sulfide) groups is 1. The number of benzene rings is 5. The Bertz CT molecular complexity index is 1960. The van der Waals surface area contributed by atoms with E-state index in [1.54, 1.807) is 18.9 Å². The highest BCUT2D eigenvalue weighted by Crippen LogP contribution is 2.41. The molecule has 9 nitrogen and oxygen atoms in total. The summed E-state index contributed by atoms with van der Waals surface area (Å²) in [5.74, 6) is 1.03. The molecule has 274 valence electrons. The molecule has 53 heavy (non-hydrogen) atoms. The molecule has 1 aliphatic rings. The number of carbonyl (C=O) groups excluding carboxylic acids is 2. The zero-order valence-electron chi connectivity index (χ0n) is 29.8. The van der Waals surface area contributed by atoms with Crippen LogP contribution in [-0.2, 0) is 38.6 Å². The molecule has 0 spiro atoms.